The third-order valence-electron chi connectivity index (χ3n) is 2.52. The summed E-state index contributed by atoms with van der Waals surface area (Å²) in [6.07, 6.45) is 7.59. The summed E-state index contributed by atoms with van der Waals surface area (Å²) < 4.78 is 5.39. The first-order valence-electron chi connectivity index (χ1n) is 3.85. The van der Waals surface area contributed by atoms with Gasteiger partial charge in [0.25, 0.3) is 0 Å². The number of fused-ring (bicyclic) bond motifs is 1. The third-order valence-corrected chi connectivity index (χ3v) is 2.52. The minimum Gasteiger partial charge on any atom is -0.370 e. The van der Waals surface area contributed by atoms with Crippen molar-refractivity contribution in [3.63, 3.8) is 0 Å². The maximum Gasteiger partial charge on any atom is 0.0844 e. The lowest BCUT2D eigenvalue weighted by Gasteiger charge is -2.15. The van der Waals surface area contributed by atoms with Crippen LogP contribution < -0.4 is 0 Å². The number of rotatable bonds is 1. The molecule has 1 aliphatic carbocycles. The Morgan fingerprint density at radius 3 is 2.89 bits per heavy atom. The van der Waals surface area contributed by atoms with Gasteiger partial charge in [0.15, 0.2) is 0 Å². The molecule has 1 saturated heterocycles. The van der Waals surface area contributed by atoms with E-state index in [1.165, 1.54) is 19.3 Å². The van der Waals surface area contributed by atoms with E-state index in [1.54, 1.807) is 0 Å². The summed E-state index contributed by atoms with van der Waals surface area (Å²) in [5, 5.41) is 0. The zero-order valence-corrected chi connectivity index (χ0v) is 5.84. The van der Waals surface area contributed by atoms with E-state index < -0.39 is 0 Å². The average Bonchev–Trinajstić information content (AvgIpc) is 2.64. The summed E-state index contributed by atoms with van der Waals surface area (Å²) in [7, 11) is 0. The molecule has 1 heteroatoms. The summed E-state index contributed by atoms with van der Waals surface area (Å²) in [5.74, 6) is 0.855. The summed E-state index contributed by atoms with van der Waals surface area (Å²) in [6, 6.07) is 0. The first-order valence-corrected chi connectivity index (χ1v) is 3.85. The largest absolute Gasteiger partial charge is 0.370 e. The standard InChI is InChI=1S/C8H13O/c1-2-6-3-4-7-8(5-6)9-7/h2,6-8H,3-5H2,1H3. The molecule has 1 saturated carbocycles. The number of epoxide rings is 1. The maximum absolute atomic E-state index is 5.39. The van der Waals surface area contributed by atoms with Gasteiger partial charge in [-0.3, -0.25) is 0 Å². The van der Waals surface area contributed by atoms with Crippen LogP contribution >= 0.6 is 0 Å². The van der Waals surface area contributed by atoms with Crippen LogP contribution in [0.4, 0.5) is 0 Å². The van der Waals surface area contributed by atoms with Crippen molar-refractivity contribution in [1.29, 1.82) is 0 Å². The summed E-state index contributed by atoms with van der Waals surface area (Å²) in [5.41, 5.74) is 0. The molecule has 1 heterocycles. The lowest BCUT2D eigenvalue weighted by atomic mass is 9.88. The van der Waals surface area contributed by atoms with E-state index in [1.807, 2.05) is 0 Å². The predicted octanol–water partition coefficient (Wildman–Crippen LogP) is 1.78. The van der Waals surface area contributed by atoms with Crippen LogP contribution in [-0.4, -0.2) is 12.2 Å². The van der Waals surface area contributed by atoms with Crippen LogP contribution in [0.3, 0.4) is 0 Å². The van der Waals surface area contributed by atoms with Gasteiger partial charge in [-0.1, -0.05) is 6.92 Å². The fraction of sp³-hybridized carbons (Fsp3) is 0.875. The van der Waals surface area contributed by atoms with Crippen LogP contribution in [-0.2, 0) is 4.74 Å². The molecule has 0 bridgehead atoms. The highest BCUT2D eigenvalue weighted by atomic mass is 16.6. The number of hydrogen-bond donors (Lipinski definition) is 0. The topological polar surface area (TPSA) is 12.5 Å². The van der Waals surface area contributed by atoms with Crippen molar-refractivity contribution in [2.75, 3.05) is 0 Å². The molecule has 1 aliphatic heterocycles. The summed E-state index contributed by atoms with van der Waals surface area (Å²) in [4.78, 5) is 0. The Balaban J connectivity index is 1.86. The Hall–Kier alpha value is -0.0400. The Bertz CT molecular complexity index is 111. The van der Waals surface area contributed by atoms with E-state index in [2.05, 4.69) is 13.3 Å². The smallest absolute Gasteiger partial charge is 0.0844 e. The third kappa shape index (κ3) is 0.983. The Labute approximate surface area is 56.4 Å². The van der Waals surface area contributed by atoms with E-state index in [-0.39, 0.29) is 0 Å². The molecular weight excluding hydrogens is 112 g/mol. The van der Waals surface area contributed by atoms with E-state index in [4.69, 9.17) is 4.74 Å². The van der Waals surface area contributed by atoms with Gasteiger partial charge in [0.1, 0.15) is 0 Å². The molecule has 0 aromatic rings. The van der Waals surface area contributed by atoms with E-state index in [0.717, 1.165) is 5.92 Å². The normalized spacial score (nSPS) is 48.3. The molecule has 2 rings (SSSR count). The first-order chi connectivity index (χ1) is 4.40. The lowest BCUT2D eigenvalue weighted by Crippen LogP contribution is -2.12. The second kappa shape index (κ2) is 1.98. The SMILES string of the molecule is C[CH]C1CCC2OC2C1. The molecular formula is C8H13O. The molecule has 0 aromatic heterocycles. The van der Waals surface area contributed by atoms with E-state index >= 15 is 0 Å². The summed E-state index contributed by atoms with van der Waals surface area (Å²) >= 11 is 0. The maximum atomic E-state index is 5.39. The molecule has 51 valence electrons. The van der Waals surface area contributed by atoms with Crippen molar-refractivity contribution in [1.82, 2.24) is 0 Å². The van der Waals surface area contributed by atoms with Gasteiger partial charge in [0.05, 0.1) is 12.2 Å². The molecule has 0 spiro atoms. The van der Waals surface area contributed by atoms with Crippen molar-refractivity contribution < 1.29 is 4.74 Å². The fourth-order valence-electron chi connectivity index (χ4n) is 1.74. The molecule has 0 aromatic carbocycles. The highest BCUT2D eigenvalue weighted by molar-refractivity contribution is 4.94. The van der Waals surface area contributed by atoms with Crippen molar-refractivity contribution in [2.24, 2.45) is 5.92 Å². The van der Waals surface area contributed by atoms with Gasteiger partial charge in [0, 0.05) is 0 Å². The van der Waals surface area contributed by atoms with Crippen molar-refractivity contribution >= 4 is 0 Å². The molecule has 3 atom stereocenters. The van der Waals surface area contributed by atoms with Gasteiger partial charge in [-0.15, -0.1) is 0 Å². The highest BCUT2D eigenvalue weighted by Crippen LogP contribution is 2.39. The Morgan fingerprint density at radius 2 is 2.22 bits per heavy atom. The molecule has 1 nitrogen and oxygen atoms in total. The minimum absolute atomic E-state index is 0.653. The highest BCUT2D eigenvalue weighted by Gasteiger charge is 2.43. The first kappa shape index (κ1) is 5.72. The number of ether oxygens (including phenoxy) is 1. The second-order valence-corrected chi connectivity index (χ2v) is 3.12. The molecule has 0 amide bonds. The number of hydrogen-bond acceptors (Lipinski definition) is 1. The van der Waals surface area contributed by atoms with Gasteiger partial charge < -0.3 is 4.74 Å². The molecule has 2 fully saturated rings. The second-order valence-electron chi connectivity index (χ2n) is 3.12. The molecule has 2 aliphatic rings. The average molecular weight is 125 g/mol. The summed E-state index contributed by atoms with van der Waals surface area (Å²) in [6.45, 7) is 2.16. The zero-order valence-electron chi connectivity index (χ0n) is 5.84. The van der Waals surface area contributed by atoms with E-state index in [9.17, 15) is 0 Å². The van der Waals surface area contributed by atoms with Gasteiger partial charge in [0.2, 0.25) is 0 Å². The fourth-order valence-corrected chi connectivity index (χ4v) is 1.74. The van der Waals surface area contributed by atoms with Crippen LogP contribution in [0.1, 0.15) is 26.2 Å². The monoisotopic (exact) mass is 125 g/mol. The van der Waals surface area contributed by atoms with Gasteiger partial charge in [-0.05, 0) is 31.6 Å². The van der Waals surface area contributed by atoms with Crippen LogP contribution in [0.25, 0.3) is 0 Å². The van der Waals surface area contributed by atoms with E-state index in [0.29, 0.717) is 12.2 Å². The van der Waals surface area contributed by atoms with Crippen molar-refractivity contribution in [2.45, 2.75) is 38.4 Å². The molecule has 0 N–H and O–H groups in total. The molecule has 9 heavy (non-hydrogen) atoms. The zero-order chi connectivity index (χ0) is 6.27. The van der Waals surface area contributed by atoms with Crippen LogP contribution in [0.15, 0.2) is 0 Å². The quantitative estimate of drug-likeness (QED) is 0.487. The van der Waals surface area contributed by atoms with Crippen LogP contribution in [0.2, 0.25) is 0 Å². The van der Waals surface area contributed by atoms with Crippen molar-refractivity contribution in [3.8, 4) is 0 Å². The molecule has 1 radical (unpaired) electrons. The van der Waals surface area contributed by atoms with Crippen molar-refractivity contribution in [3.05, 3.63) is 6.42 Å². The van der Waals surface area contributed by atoms with Crippen LogP contribution in [0, 0.1) is 12.3 Å². The van der Waals surface area contributed by atoms with Gasteiger partial charge in [-0.25, -0.2) is 0 Å². The predicted molar refractivity (Wildman–Crippen MR) is 36.0 cm³/mol. The van der Waals surface area contributed by atoms with Gasteiger partial charge >= 0.3 is 0 Å². The van der Waals surface area contributed by atoms with Gasteiger partial charge in [-0.2, -0.15) is 0 Å². The Kier molecular flexibility index (Phi) is 1.26. The Morgan fingerprint density at radius 1 is 1.33 bits per heavy atom. The molecule has 3 unspecified atom stereocenters. The lowest BCUT2D eigenvalue weighted by molar-refractivity contribution is 0.368. The van der Waals surface area contributed by atoms with Crippen LogP contribution in [0.5, 0.6) is 0 Å². The minimum atomic E-state index is 0.653.